The Balaban J connectivity index is 1.72. The number of ether oxygens (including phenoxy) is 3. The van der Waals surface area contributed by atoms with Gasteiger partial charge in [0.05, 0.1) is 24.6 Å². The van der Waals surface area contributed by atoms with E-state index in [0.717, 1.165) is 5.57 Å². The zero-order valence-corrected chi connectivity index (χ0v) is 15.8. The predicted octanol–water partition coefficient (Wildman–Crippen LogP) is 2.22. The maximum atomic E-state index is 6.20. The number of anilines is 1. The van der Waals surface area contributed by atoms with E-state index in [-0.39, 0.29) is 23.9 Å². The molecule has 0 unspecified atom stereocenters. The Morgan fingerprint density at radius 1 is 1.23 bits per heavy atom. The molecule has 3 heterocycles. The van der Waals surface area contributed by atoms with Gasteiger partial charge in [-0.15, -0.1) is 0 Å². The second-order valence-electron chi connectivity index (χ2n) is 8.24. The SMILES string of the molecule is CC(C)(C)OCC1=C[C@H](n2cnc3c(N)ncnc32)[C@H]2OC(C)(C)O[C@@H]12. The van der Waals surface area contributed by atoms with Crippen LogP contribution in [0, 0.1) is 0 Å². The minimum absolute atomic E-state index is 0.0976. The van der Waals surface area contributed by atoms with Gasteiger partial charge in [-0.1, -0.05) is 6.08 Å². The smallest absolute Gasteiger partial charge is 0.166 e. The number of fused-ring (bicyclic) bond motifs is 2. The molecule has 0 aromatic carbocycles. The van der Waals surface area contributed by atoms with Gasteiger partial charge in [0, 0.05) is 0 Å². The zero-order chi connectivity index (χ0) is 18.7. The Morgan fingerprint density at radius 3 is 2.73 bits per heavy atom. The summed E-state index contributed by atoms with van der Waals surface area (Å²) in [6.45, 7) is 10.5. The molecule has 0 saturated carbocycles. The van der Waals surface area contributed by atoms with Gasteiger partial charge in [0.15, 0.2) is 17.3 Å². The Hall–Kier alpha value is -2.03. The first-order valence-corrected chi connectivity index (χ1v) is 8.78. The van der Waals surface area contributed by atoms with Crippen molar-refractivity contribution in [2.24, 2.45) is 0 Å². The van der Waals surface area contributed by atoms with Gasteiger partial charge in [-0.05, 0) is 40.2 Å². The Bertz CT molecular complexity index is 867. The Morgan fingerprint density at radius 2 is 2.00 bits per heavy atom. The third kappa shape index (κ3) is 2.98. The maximum Gasteiger partial charge on any atom is 0.166 e. The molecular weight excluding hydrogens is 334 g/mol. The van der Waals surface area contributed by atoms with Crippen LogP contribution in [0.5, 0.6) is 0 Å². The highest BCUT2D eigenvalue weighted by Gasteiger charge is 2.51. The van der Waals surface area contributed by atoms with E-state index in [4.69, 9.17) is 19.9 Å². The summed E-state index contributed by atoms with van der Waals surface area (Å²) < 4.78 is 20.3. The molecule has 0 bridgehead atoms. The van der Waals surface area contributed by atoms with Gasteiger partial charge in [-0.25, -0.2) is 15.0 Å². The van der Waals surface area contributed by atoms with Crippen LogP contribution >= 0.6 is 0 Å². The molecular formula is C18H25N5O3. The molecule has 8 nitrogen and oxygen atoms in total. The van der Waals surface area contributed by atoms with Crippen LogP contribution in [0.4, 0.5) is 5.82 Å². The molecule has 1 aliphatic carbocycles. The van der Waals surface area contributed by atoms with Gasteiger partial charge in [-0.2, -0.15) is 0 Å². The fourth-order valence-corrected chi connectivity index (χ4v) is 3.49. The number of hydrogen-bond donors (Lipinski definition) is 1. The van der Waals surface area contributed by atoms with Crippen LogP contribution in [0.3, 0.4) is 0 Å². The molecule has 0 amide bonds. The van der Waals surface area contributed by atoms with Gasteiger partial charge in [0.2, 0.25) is 0 Å². The van der Waals surface area contributed by atoms with Crippen molar-refractivity contribution in [3.63, 3.8) is 0 Å². The number of nitrogen functional groups attached to an aromatic ring is 1. The van der Waals surface area contributed by atoms with E-state index in [2.05, 4.69) is 21.0 Å². The highest BCUT2D eigenvalue weighted by atomic mass is 16.8. The van der Waals surface area contributed by atoms with Crippen molar-refractivity contribution in [3.8, 4) is 0 Å². The quantitative estimate of drug-likeness (QED) is 0.839. The number of aromatic nitrogens is 4. The lowest BCUT2D eigenvalue weighted by atomic mass is 10.1. The molecule has 1 aliphatic heterocycles. The van der Waals surface area contributed by atoms with Crippen LogP contribution in [-0.2, 0) is 14.2 Å². The molecule has 2 aliphatic rings. The van der Waals surface area contributed by atoms with E-state index in [1.807, 2.05) is 39.2 Å². The molecule has 0 spiro atoms. The summed E-state index contributed by atoms with van der Waals surface area (Å²) in [7, 11) is 0. The molecule has 8 heteroatoms. The van der Waals surface area contributed by atoms with Crippen LogP contribution in [0.1, 0.15) is 40.7 Å². The predicted molar refractivity (Wildman–Crippen MR) is 96.4 cm³/mol. The molecule has 140 valence electrons. The molecule has 0 radical (unpaired) electrons. The van der Waals surface area contributed by atoms with E-state index < -0.39 is 5.79 Å². The highest BCUT2D eigenvalue weighted by Crippen LogP contribution is 2.44. The number of nitrogens with zero attached hydrogens (tertiary/aromatic N) is 4. The fourth-order valence-electron chi connectivity index (χ4n) is 3.49. The van der Waals surface area contributed by atoms with Gasteiger partial charge in [0.1, 0.15) is 24.1 Å². The first-order valence-electron chi connectivity index (χ1n) is 8.78. The third-order valence-corrected chi connectivity index (χ3v) is 4.60. The van der Waals surface area contributed by atoms with Crippen molar-refractivity contribution >= 4 is 17.0 Å². The van der Waals surface area contributed by atoms with Crippen LogP contribution in [0.25, 0.3) is 11.2 Å². The Kier molecular flexibility index (Phi) is 3.83. The van der Waals surface area contributed by atoms with Crippen molar-refractivity contribution in [2.45, 2.75) is 64.3 Å². The largest absolute Gasteiger partial charge is 0.382 e. The molecule has 2 aromatic heterocycles. The average molecular weight is 359 g/mol. The van der Waals surface area contributed by atoms with E-state index in [1.165, 1.54) is 6.33 Å². The second-order valence-corrected chi connectivity index (χ2v) is 8.24. The molecule has 26 heavy (non-hydrogen) atoms. The summed E-state index contributed by atoms with van der Waals surface area (Å²) in [4.78, 5) is 12.7. The molecule has 1 fully saturated rings. The standard InChI is InChI=1S/C18H25N5O3/c1-17(2,3)24-7-10-6-11(14-13(10)25-18(4,5)26-14)23-9-22-12-15(19)20-8-21-16(12)23/h6,8-9,11,13-14H,7H2,1-5H3,(H2,19,20,21)/t11-,13-,14+/m0/s1. The minimum Gasteiger partial charge on any atom is -0.382 e. The van der Waals surface area contributed by atoms with Crippen LogP contribution in [0.15, 0.2) is 24.3 Å². The van der Waals surface area contributed by atoms with E-state index in [1.54, 1.807) is 6.33 Å². The van der Waals surface area contributed by atoms with Crippen molar-refractivity contribution in [1.29, 1.82) is 0 Å². The van der Waals surface area contributed by atoms with Crippen LogP contribution < -0.4 is 5.73 Å². The lowest BCUT2D eigenvalue weighted by Gasteiger charge is -2.23. The van der Waals surface area contributed by atoms with Crippen molar-refractivity contribution in [1.82, 2.24) is 19.5 Å². The lowest BCUT2D eigenvalue weighted by molar-refractivity contribution is -0.148. The van der Waals surface area contributed by atoms with Crippen molar-refractivity contribution in [2.75, 3.05) is 12.3 Å². The Labute approximate surface area is 152 Å². The first kappa shape index (κ1) is 17.4. The van der Waals surface area contributed by atoms with Gasteiger partial charge >= 0.3 is 0 Å². The molecule has 1 saturated heterocycles. The number of hydrogen-bond acceptors (Lipinski definition) is 7. The average Bonchev–Trinajstić information content (AvgIpc) is 3.16. The normalized spacial score (nSPS) is 27.7. The monoisotopic (exact) mass is 359 g/mol. The summed E-state index contributed by atoms with van der Waals surface area (Å²) in [5.74, 6) is -0.286. The third-order valence-electron chi connectivity index (χ3n) is 4.60. The van der Waals surface area contributed by atoms with Gasteiger partial charge in [-0.3, -0.25) is 0 Å². The number of rotatable bonds is 3. The maximum absolute atomic E-state index is 6.20. The lowest BCUT2D eigenvalue weighted by Crippen LogP contribution is -2.29. The van der Waals surface area contributed by atoms with Gasteiger partial charge in [0.25, 0.3) is 0 Å². The topological polar surface area (TPSA) is 97.3 Å². The first-order chi connectivity index (χ1) is 12.1. The number of nitrogens with two attached hydrogens (primary N) is 1. The van der Waals surface area contributed by atoms with E-state index >= 15 is 0 Å². The summed E-state index contributed by atoms with van der Waals surface area (Å²) in [6, 6.07) is -0.0976. The number of imidazole rings is 1. The minimum atomic E-state index is -0.654. The van der Waals surface area contributed by atoms with Crippen LogP contribution in [0.2, 0.25) is 0 Å². The van der Waals surface area contributed by atoms with Gasteiger partial charge < -0.3 is 24.5 Å². The van der Waals surface area contributed by atoms with Crippen molar-refractivity contribution < 1.29 is 14.2 Å². The summed E-state index contributed by atoms with van der Waals surface area (Å²) >= 11 is 0. The molecule has 3 atom stereocenters. The molecule has 2 aromatic rings. The summed E-state index contributed by atoms with van der Waals surface area (Å²) in [5, 5.41) is 0. The van der Waals surface area contributed by atoms with E-state index in [9.17, 15) is 0 Å². The summed E-state index contributed by atoms with van der Waals surface area (Å²) in [6.07, 6.45) is 4.99. The summed E-state index contributed by atoms with van der Waals surface area (Å²) in [5.41, 5.74) is 8.04. The zero-order valence-electron chi connectivity index (χ0n) is 15.8. The van der Waals surface area contributed by atoms with E-state index in [0.29, 0.717) is 23.6 Å². The fraction of sp³-hybridized carbons (Fsp3) is 0.611. The molecule has 4 rings (SSSR count). The van der Waals surface area contributed by atoms with Crippen LogP contribution in [-0.4, -0.2) is 49.7 Å². The van der Waals surface area contributed by atoms with Crippen molar-refractivity contribution in [3.05, 3.63) is 24.3 Å². The highest BCUT2D eigenvalue weighted by molar-refractivity contribution is 5.81. The molecule has 2 N–H and O–H groups in total. The second kappa shape index (κ2) is 5.73.